The van der Waals surface area contributed by atoms with Crippen LogP contribution in [0.5, 0.6) is 23.0 Å². The Labute approximate surface area is 178 Å². The van der Waals surface area contributed by atoms with E-state index in [1.165, 1.54) is 27.1 Å². The lowest BCUT2D eigenvalue weighted by Crippen LogP contribution is -2.10. The smallest absolute Gasteiger partial charge is 0.311 e. The van der Waals surface area contributed by atoms with Gasteiger partial charge >= 0.3 is 5.97 Å². The largest absolute Gasteiger partial charge is 0.490 e. The highest BCUT2D eigenvalue weighted by molar-refractivity contribution is 6.31. The molecule has 0 bridgehead atoms. The Bertz CT molecular complexity index is 819. The van der Waals surface area contributed by atoms with E-state index < -0.39 is 0 Å². The first-order chi connectivity index (χ1) is 14.1. The minimum Gasteiger partial charge on any atom is -0.490 e. The summed E-state index contributed by atoms with van der Waals surface area (Å²) in [7, 11) is 3.05. The summed E-state index contributed by atoms with van der Waals surface area (Å²) in [5.74, 6) is 1.30. The van der Waals surface area contributed by atoms with Crippen molar-refractivity contribution in [3.63, 3.8) is 0 Å². The van der Waals surface area contributed by atoms with Crippen molar-refractivity contribution in [2.24, 2.45) is 0 Å². The van der Waals surface area contributed by atoms with Gasteiger partial charge in [-0.3, -0.25) is 4.79 Å². The highest BCUT2D eigenvalue weighted by Gasteiger charge is 2.25. The lowest BCUT2D eigenvalue weighted by atomic mass is 10.1. The van der Waals surface area contributed by atoms with Crippen molar-refractivity contribution in [3.05, 3.63) is 23.2 Å². The van der Waals surface area contributed by atoms with Crippen LogP contribution in [0.1, 0.15) is 58.8 Å². The maximum Gasteiger partial charge on any atom is 0.311 e. The number of hydrogen-bond acceptors (Lipinski definition) is 5. The summed E-state index contributed by atoms with van der Waals surface area (Å²) >= 11 is 6.23. The van der Waals surface area contributed by atoms with E-state index in [2.05, 4.69) is 6.92 Å². The topological polar surface area (TPSA) is 54.0 Å². The number of carbonyl (C=O) groups excluding carboxylic acids is 1. The van der Waals surface area contributed by atoms with Gasteiger partial charge in [0, 0.05) is 22.2 Å². The third-order valence-electron chi connectivity index (χ3n) is 4.65. The Morgan fingerprint density at radius 2 is 1.55 bits per heavy atom. The number of fused-ring (bicyclic) bond motifs is 1. The number of benzene rings is 2. The zero-order valence-electron chi connectivity index (χ0n) is 17.8. The number of halogens is 1. The van der Waals surface area contributed by atoms with Crippen LogP contribution in [0.2, 0.25) is 5.02 Å². The average Bonchev–Trinajstić information content (AvgIpc) is 2.72. The zero-order valence-corrected chi connectivity index (χ0v) is 18.6. The third-order valence-corrected chi connectivity index (χ3v) is 4.88. The molecule has 29 heavy (non-hydrogen) atoms. The minimum absolute atomic E-state index is 0.291. The lowest BCUT2D eigenvalue weighted by molar-refractivity contribution is -0.134. The summed E-state index contributed by atoms with van der Waals surface area (Å²) in [5, 5.41) is 1.96. The number of hydrogen-bond donors (Lipinski definition) is 0. The molecule has 0 spiro atoms. The molecule has 2 aromatic rings. The predicted molar refractivity (Wildman–Crippen MR) is 117 cm³/mol. The Morgan fingerprint density at radius 3 is 2.21 bits per heavy atom. The number of esters is 1. The van der Waals surface area contributed by atoms with Crippen molar-refractivity contribution in [3.8, 4) is 23.0 Å². The summed E-state index contributed by atoms with van der Waals surface area (Å²) < 4.78 is 22.8. The van der Waals surface area contributed by atoms with Crippen LogP contribution in [0, 0.1) is 0 Å². The van der Waals surface area contributed by atoms with Crippen molar-refractivity contribution in [1.29, 1.82) is 0 Å². The first-order valence-corrected chi connectivity index (χ1v) is 10.7. The van der Waals surface area contributed by atoms with Gasteiger partial charge in [-0.2, -0.15) is 0 Å². The minimum atomic E-state index is -0.291. The number of rotatable bonds is 12. The Morgan fingerprint density at radius 1 is 0.862 bits per heavy atom. The van der Waals surface area contributed by atoms with Gasteiger partial charge in [0.05, 0.1) is 20.8 Å². The number of methoxy groups -OCH3 is 2. The van der Waals surface area contributed by atoms with Gasteiger partial charge in [0.2, 0.25) is 11.5 Å². The van der Waals surface area contributed by atoms with E-state index in [1.54, 1.807) is 12.1 Å². The molecule has 0 unspecified atom stereocenters. The van der Waals surface area contributed by atoms with E-state index in [1.807, 2.05) is 13.0 Å². The molecule has 0 aliphatic heterocycles. The SMILES string of the molecule is CCCCCCCC(=O)Oc1c(OC)c(OC)c(OCCC)c2cc(Cl)ccc12. The van der Waals surface area contributed by atoms with Gasteiger partial charge in [-0.1, -0.05) is 51.1 Å². The van der Waals surface area contributed by atoms with Crippen molar-refractivity contribution in [2.75, 3.05) is 20.8 Å². The van der Waals surface area contributed by atoms with E-state index >= 15 is 0 Å². The fraction of sp³-hybridized carbons (Fsp3) is 0.522. The quantitative estimate of drug-likeness (QED) is 0.220. The van der Waals surface area contributed by atoms with E-state index in [-0.39, 0.29) is 5.97 Å². The van der Waals surface area contributed by atoms with Crippen molar-refractivity contribution >= 4 is 28.3 Å². The van der Waals surface area contributed by atoms with Crippen LogP contribution >= 0.6 is 11.6 Å². The average molecular weight is 423 g/mol. The van der Waals surface area contributed by atoms with Crippen LogP contribution in [-0.2, 0) is 4.79 Å². The van der Waals surface area contributed by atoms with Crippen LogP contribution < -0.4 is 18.9 Å². The van der Waals surface area contributed by atoms with Crippen LogP contribution in [0.3, 0.4) is 0 Å². The van der Waals surface area contributed by atoms with Crippen molar-refractivity contribution in [1.82, 2.24) is 0 Å². The zero-order chi connectivity index (χ0) is 21.2. The normalized spacial score (nSPS) is 10.8. The molecule has 0 N–H and O–H groups in total. The highest BCUT2D eigenvalue weighted by Crippen LogP contribution is 2.51. The standard InChI is InChI=1S/C23H31ClO5/c1-5-7-8-9-10-11-19(25)29-21-17-13-12-16(24)15-18(17)20(28-14-6-2)22(26-3)23(21)27-4/h12-13,15H,5-11,14H2,1-4H3. The summed E-state index contributed by atoms with van der Waals surface area (Å²) in [5.41, 5.74) is 0. The first kappa shape index (κ1) is 23.1. The maximum atomic E-state index is 12.5. The Hall–Kier alpha value is -2.14. The highest BCUT2D eigenvalue weighted by atomic mass is 35.5. The van der Waals surface area contributed by atoms with Crippen molar-refractivity contribution < 1.29 is 23.7 Å². The van der Waals surface area contributed by atoms with Gasteiger partial charge in [0.15, 0.2) is 11.5 Å². The molecule has 0 atom stereocenters. The van der Waals surface area contributed by atoms with Gasteiger partial charge in [0.25, 0.3) is 0 Å². The molecular weight excluding hydrogens is 392 g/mol. The summed E-state index contributed by atoms with van der Waals surface area (Å²) in [6, 6.07) is 5.34. The van der Waals surface area contributed by atoms with Gasteiger partial charge in [-0.15, -0.1) is 0 Å². The molecule has 6 heteroatoms. The second-order valence-corrected chi connectivity index (χ2v) is 7.34. The third kappa shape index (κ3) is 5.92. The van der Waals surface area contributed by atoms with Gasteiger partial charge in [0.1, 0.15) is 0 Å². The molecule has 2 aromatic carbocycles. The molecule has 5 nitrogen and oxygen atoms in total. The fourth-order valence-corrected chi connectivity index (χ4v) is 3.38. The molecular formula is C23H31ClO5. The molecule has 0 amide bonds. The van der Waals surface area contributed by atoms with E-state index in [0.29, 0.717) is 51.8 Å². The fourth-order valence-electron chi connectivity index (χ4n) is 3.21. The van der Waals surface area contributed by atoms with Gasteiger partial charge < -0.3 is 18.9 Å². The molecule has 0 heterocycles. The molecule has 0 saturated carbocycles. The second kappa shape index (κ2) is 11.8. The van der Waals surface area contributed by atoms with Crippen LogP contribution in [0.15, 0.2) is 18.2 Å². The monoisotopic (exact) mass is 422 g/mol. The maximum absolute atomic E-state index is 12.5. The molecule has 0 radical (unpaired) electrons. The van der Waals surface area contributed by atoms with Crippen LogP contribution in [0.4, 0.5) is 0 Å². The molecule has 2 rings (SSSR count). The Kier molecular flexibility index (Phi) is 9.39. The molecule has 160 valence electrons. The molecule has 0 aliphatic rings. The van der Waals surface area contributed by atoms with E-state index in [0.717, 1.165) is 25.7 Å². The molecule has 0 aliphatic carbocycles. The number of carbonyl (C=O) groups is 1. The van der Waals surface area contributed by atoms with Crippen LogP contribution in [-0.4, -0.2) is 26.8 Å². The van der Waals surface area contributed by atoms with Gasteiger partial charge in [-0.25, -0.2) is 0 Å². The lowest BCUT2D eigenvalue weighted by Gasteiger charge is -2.20. The number of unbranched alkanes of at least 4 members (excludes halogenated alkanes) is 4. The molecule has 0 saturated heterocycles. The van der Waals surface area contributed by atoms with E-state index in [4.69, 9.17) is 30.5 Å². The summed E-state index contributed by atoms with van der Waals surface area (Å²) in [6.07, 6.45) is 6.50. The first-order valence-electron chi connectivity index (χ1n) is 10.3. The van der Waals surface area contributed by atoms with Crippen LogP contribution in [0.25, 0.3) is 10.8 Å². The Balaban J connectivity index is 2.41. The summed E-state index contributed by atoms with van der Waals surface area (Å²) in [6.45, 7) is 4.70. The predicted octanol–water partition coefficient (Wildman–Crippen LogP) is 6.57. The summed E-state index contributed by atoms with van der Waals surface area (Å²) in [4.78, 5) is 12.5. The van der Waals surface area contributed by atoms with E-state index in [9.17, 15) is 4.79 Å². The molecule has 0 aromatic heterocycles. The van der Waals surface area contributed by atoms with Gasteiger partial charge in [-0.05, 0) is 31.0 Å². The van der Waals surface area contributed by atoms with Crippen molar-refractivity contribution in [2.45, 2.75) is 58.8 Å². The second-order valence-electron chi connectivity index (χ2n) is 6.90. The molecule has 0 fully saturated rings. The number of ether oxygens (including phenoxy) is 4.